The highest BCUT2D eigenvalue weighted by Gasteiger charge is 2.32. The molecule has 1 atom stereocenters. The van der Waals surface area contributed by atoms with E-state index in [9.17, 15) is 14.9 Å². The number of nitrogens with zero attached hydrogens (tertiary/aromatic N) is 2. The zero-order chi connectivity index (χ0) is 13.3. The monoisotopic (exact) mass is 250 g/mol. The summed E-state index contributed by atoms with van der Waals surface area (Å²) in [5.74, 6) is -0.186. The molecule has 0 saturated carbocycles. The fourth-order valence-corrected chi connectivity index (χ4v) is 2.24. The first-order valence-electron chi connectivity index (χ1n) is 5.69. The van der Waals surface area contributed by atoms with E-state index >= 15 is 0 Å². The number of hydrogen-bond acceptors (Lipinski definition) is 4. The van der Waals surface area contributed by atoms with Crippen LogP contribution in [0.15, 0.2) is 18.2 Å². The average Bonchev–Trinajstić information content (AvgIpc) is 2.70. The number of carbonyl (C=O) groups excluding carboxylic acids is 1. The van der Waals surface area contributed by atoms with Crippen molar-refractivity contribution in [1.82, 2.24) is 0 Å². The van der Waals surface area contributed by atoms with Gasteiger partial charge in [-0.05, 0) is 13.0 Å². The Hall–Kier alpha value is -1.95. The molecule has 0 spiro atoms. The van der Waals surface area contributed by atoms with E-state index in [-0.39, 0.29) is 24.1 Å². The molecule has 6 heteroatoms. The standard InChI is InChI=1S/C12H14N2O4/c1-8-10(3-2-4-11(8)14(17)18)13-6-9(7-15)5-12(13)16/h2-4,9,15H,5-7H2,1H3. The van der Waals surface area contributed by atoms with Crippen LogP contribution in [0.1, 0.15) is 12.0 Å². The zero-order valence-corrected chi connectivity index (χ0v) is 10.00. The highest BCUT2D eigenvalue weighted by atomic mass is 16.6. The number of carbonyl (C=O) groups is 1. The second kappa shape index (κ2) is 4.73. The van der Waals surface area contributed by atoms with E-state index in [0.29, 0.717) is 24.2 Å². The van der Waals surface area contributed by atoms with Crippen LogP contribution in [0.4, 0.5) is 11.4 Å². The number of anilines is 1. The number of rotatable bonds is 3. The Kier molecular flexibility index (Phi) is 3.29. The maximum atomic E-state index is 11.8. The Labute approximate surface area is 104 Å². The first-order valence-corrected chi connectivity index (χ1v) is 5.69. The van der Waals surface area contributed by atoms with Crippen molar-refractivity contribution in [1.29, 1.82) is 0 Å². The van der Waals surface area contributed by atoms with Crippen molar-refractivity contribution in [2.75, 3.05) is 18.1 Å². The Morgan fingerprint density at radius 1 is 1.56 bits per heavy atom. The second-order valence-electron chi connectivity index (χ2n) is 4.44. The largest absolute Gasteiger partial charge is 0.396 e. The zero-order valence-electron chi connectivity index (χ0n) is 10.00. The van der Waals surface area contributed by atoms with Crippen molar-refractivity contribution in [2.24, 2.45) is 5.92 Å². The summed E-state index contributed by atoms with van der Waals surface area (Å²) in [6.07, 6.45) is 0.290. The van der Waals surface area contributed by atoms with Crippen LogP contribution in [0.5, 0.6) is 0 Å². The molecule has 1 heterocycles. The highest BCUT2D eigenvalue weighted by Crippen LogP contribution is 2.32. The predicted molar refractivity (Wildman–Crippen MR) is 65.4 cm³/mol. The fourth-order valence-electron chi connectivity index (χ4n) is 2.24. The van der Waals surface area contributed by atoms with Gasteiger partial charge in [0.2, 0.25) is 5.91 Å². The molecule has 1 aliphatic rings. The summed E-state index contributed by atoms with van der Waals surface area (Å²) in [4.78, 5) is 23.7. The van der Waals surface area contributed by atoms with E-state index in [1.165, 1.54) is 11.0 Å². The van der Waals surface area contributed by atoms with Gasteiger partial charge in [0.05, 0.1) is 16.2 Å². The summed E-state index contributed by atoms with van der Waals surface area (Å²) < 4.78 is 0. The lowest BCUT2D eigenvalue weighted by atomic mass is 10.1. The number of aliphatic hydroxyl groups excluding tert-OH is 1. The lowest BCUT2D eigenvalue weighted by molar-refractivity contribution is -0.385. The third-order valence-corrected chi connectivity index (χ3v) is 3.23. The Morgan fingerprint density at radius 2 is 2.28 bits per heavy atom. The summed E-state index contributed by atoms with van der Waals surface area (Å²) in [7, 11) is 0. The lowest BCUT2D eigenvalue weighted by Crippen LogP contribution is -2.25. The third kappa shape index (κ3) is 2.06. The van der Waals surface area contributed by atoms with Gasteiger partial charge in [0.15, 0.2) is 0 Å². The molecule has 96 valence electrons. The molecule has 1 fully saturated rings. The summed E-state index contributed by atoms with van der Waals surface area (Å²) >= 11 is 0. The molecular weight excluding hydrogens is 236 g/mol. The van der Waals surface area contributed by atoms with E-state index in [0.717, 1.165) is 0 Å². The number of aliphatic hydroxyl groups is 1. The van der Waals surface area contributed by atoms with Crippen LogP contribution < -0.4 is 4.90 Å². The molecule has 6 nitrogen and oxygen atoms in total. The normalized spacial score (nSPS) is 19.3. The molecule has 1 unspecified atom stereocenters. The minimum Gasteiger partial charge on any atom is -0.396 e. The Balaban J connectivity index is 2.37. The molecule has 1 amide bonds. The number of nitro groups is 1. The third-order valence-electron chi connectivity index (χ3n) is 3.23. The van der Waals surface area contributed by atoms with Crippen LogP contribution in [-0.4, -0.2) is 29.1 Å². The molecule has 1 aromatic rings. The van der Waals surface area contributed by atoms with Crippen LogP contribution in [0, 0.1) is 23.0 Å². The SMILES string of the molecule is Cc1c(N2CC(CO)CC2=O)cccc1[N+](=O)[O-]. The van der Waals surface area contributed by atoms with Crippen LogP contribution in [0.3, 0.4) is 0 Å². The van der Waals surface area contributed by atoms with Gasteiger partial charge in [-0.1, -0.05) is 6.07 Å². The number of amides is 1. The fraction of sp³-hybridized carbons (Fsp3) is 0.417. The number of nitro benzene ring substituents is 1. The van der Waals surface area contributed by atoms with Crippen LogP contribution in [0.2, 0.25) is 0 Å². The summed E-state index contributed by atoms with van der Waals surface area (Å²) in [5.41, 5.74) is 1.05. The molecule has 1 aliphatic heterocycles. The molecule has 1 saturated heterocycles. The number of hydrogen-bond donors (Lipinski definition) is 1. The summed E-state index contributed by atoms with van der Waals surface area (Å²) in [6, 6.07) is 4.68. The van der Waals surface area contributed by atoms with Gasteiger partial charge < -0.3 is 10.0 Å². The molecular formula is C12H14N2O4. The van der Waals surface area contributed by atoms with Gasteiger partial charge in [-0.2, -0.15) is 0 Å². The van der Waals surface area contributed by atoms with E-state index in [1.807, 2.05) is 0 Å². The maximum absolute atomic E-state index is 11.8. The minimum absolute atomic E-state index is 0.00717. The first-order chi connectivity index (χ1) is 8.54. The molecule has 0 aliphatic carbocycles. The van der Waals surface area contributed by atoms with Crippen LogP contribution in [-0.2, 0) is 4.79 Å². The van der Waals surface area contributed by atoms with Gasteiger partial charge in [0, 0.05) is 31.6 Å². The molecule has 18 heavy (non-hydrogen) atoms. The van der Waals surface area contributed by atoms with Gasteiger partial charge in [0.25, 0.3) is 5.69 Å². The molecule has 2 rings (SSSR count). The predicted octanol–water partition coefficient (Wildman–Crippen LogP) is 1.25. The van der Waals surface area contributed by atoms with Crippen molar-refractivity contribution < 1.29 is 14.8 Å². The van der Waals surface area contributed by atoms with E-state index in [2.05, 4.69) is 0 Å². The minimum atomic E-state index is -0.455. The Morgan fingerprint density at radius 3 is 2.83 bits per heavy atom. The first kappa shape index (κ1) is 12.5. The highest BCUT2D eigenvalue weighted by molar-refractivity contribution is 5.96. The van der Waals surface area contributed by atoms with Gasteiger partial charge in [0.1, 0.15) is 0 Å². The smallest absolute Gasteiger partial charge is 0.274 e. The maximum Gasteiger partial charge on any atom is 0.274 e. The number of benzene rings is 1. The molecule has 1 aromatic carbocycles. The molecule has 0 aromatic heterocycles. The molecule has 0 bridgehead atoms. The average molecular weight is 250 g/mol. The molecule has 0 radical (unpaired) electrons. The van der Waals surface area contributed by atoms with E-state index in [1.54, 1.807) is 19.1 Å². The summed E-state index contributed by atoms with van der Waals surface area (Å²) in [6.45, 7) is 2.00. The van der Waals surface area contributed by atoms with E-state index < -0.39 is 4.92 Å². The Bertz CT molecular complexity index is 501. The van der Waals surface area contributed by atoms with Crippen molar-refractivity contribution >= 4 is 17.3 Å². The van der Waals surface area contributed by atoms with Crippen LogP contribution in [0.25, 0.3) is 0 Å². The van der Waals surface area contributed by atoms with Crippen molar-refractivity contribution in [3.63, 3.8) is 0 Å². The van der Waals surface area contributed by atoms with Gasteiger partial charge in [-0.3, -0.25) is 14.9 Å². The van der Waals surface area contributed by atoms with Gasteiger partial charge in [-0.25, -0.2) is 0 Å². The van der Waals surface area contributed by atoms with Crippen molar-refractivity contribution in [3.8, 4) is 0 Å². The quantitative estimate of drug-likeness (QED) is 0.646. The van der Waals surface area contributed by atoms with Crippen molar-refractivity contribution in [2.45, 2.75) is 13.3 Å². The van der Waals surface area contributed by atoms with E-state index in [4.69, 9.17) is 5.11 Å². The summed E-state index contributed by atoms with van der Waals surface area (Å²) in [5, 5.41) is 19.9. The second-order valence-corrected chi connectivity index (χ2v) is 4.44. The van der Waals surface area contributed by atoms with Crippen LogP contribution >= 0.6 is 0 Å². The topological polar surface area (TPSA) is 83.7 Å². The lowest BCUT2D eigenvalue weighted by Gasteiger charge is -2.18. The molecule has 1 N–H and O–H groups in total. The van der Waals surface area contributed by atoms with Gasteiger partial charge >= 0.3 is 0 Å². The van der Waals surface area contributed by atoms with Crippen molar-refractivity contribution in [3.05, 3.63) is 33.9 Å². The van der Waals surface area contributed by atoms with Gasteiger partial charge in [-0.15, -0.1) is 0 Å².